The number of hydrogen-bond acceptors (Lipinski definition) is 4. The van der Waals surface area contributed by atoms with Crippen LogP contribution in [0.2, 0.25) is 5.15 Å². The molecule has 136 valence electrons. The highest BCUT2D eigenvalue weighted by molar-refractivity contribution is 6.29. The third-order valence-electron chi connectivity index (χ3n) is 4.94. The van der Waals surface area contributed by atoms with Gasteiger partial charge in [-0.05, 0) is 54.5 Å². The van der Waals surface area contributed by atoms with E-state index in [-0.39, 0.29) is 24.2 Å². The first-order valence-corrected chi connectivity index (χ1v) is 9.28. The third-order valence-corrected chi connectivity index (χ3v) is 5.14. The van der Waals surface area contributed by atoms with Crippen LogP contribution in [0.1, 0.15) is 36.3 Å². The fraction of sp³-hybridized carbons (Fsp3) is 0.421. The fourth-order valence-corrected chi connectivity index (χ4v) is 3.53. The second kappa shape index (κ2) is 7.19. The van der Waals surface area contributed by atoms with Crippen LogP contribution >= 0.6 is 11.6 Å². The minimum absolute atomic E-state index is 0.0514. The molecular formula is C19H20ClFN4O. The van der Waals surface area contributed by atoms with E-state index in [1.165, 1.54) is 6.07 Å². The Morgan fingerprint density at radius 2 is 2.08 bits per heavy atom. The van der Waals surface area contributed by atoms with Gasteiger partial charge in [0.25, 0.3) is 0 Å². The van der Waals surface area contributed by atoms with Crippen molar-refractivity contribution in [3.63, 3.8) is 0 Å². The Morgan fingerprint density at radius 1 is 1.23 bits per heavy atom. The minimum Gasteiger partial charge on any atom is -0.353 e. The van der Waals surface area contributed by atoms with E-state index in [4.69, 9.17) is 11.6 Å². The van der Waals surface area contributed by atoms with E-state index in [2.05, 4.69) is 20.4 Å². The van der Waals surface area contributed by atoms with Crippen LogP contribution in [0.15, 0.2) is 30.3 Å². The van der Waals surface area contributed by atoms with Crippen molar-refractivity contribution in [1.29, 1.82) is 0 Å². The van der Waals surface area contributed by atoms with Crippen LogP contribution in [-0.4, -0.2) is 35.2 Å². The number of benzene rings is 1. The summed E-state index contributed by atoms with van der Waals surface area (Å²) in [4.78, 5) is 14.4. The molecular weight excluding hydrogens is 355 g/mol. The maximum absolute atomic E-state index is 14.1. The summed E-state index contributed by atoms with van der Waals surface area (Å²) in [6.07, 6.45) is 3.16. The molecule has 26 heavy (non-hydrogen) atoms. The molecule has 2 fully saturated rings. The highest BCUT2D eigenvalue weighted by Crippen LogP contribution is 2.41. The van der Waals surface area contributed by atoms with Crippen LogP contribution in [0.25, 0.3) is 0 Å². The molecule has 0 spiro atoms. The number of amides is 1. The van der Waals surface area contributed by atoms with Crippen LogP contribution in [0, 0.1) is 5.82 Å². The summed E-state index contributed by atoms with van der Waals surface area (Å²) in [5, 5.41) is 11.3. The van der Waals surface area contributed by atoms with Gasteiger partial charge < -0.3 is 10.2 Å². The van der Waals surface area contributed by atoms with Crippen LogP contribution < -0.4 is 10.2 Å². The first kappa shape index (κ1) is 17.2. The van der Waals surface area contributed by atoms with Gasteiger partial charge in [-0.1, -0.05) is 23.7 Å². The van der Waals surface area contributed by atoms with Gasteiger partial charge in [-0.25, -0.2) is 4.39 Å². The molecule has 5 nitrogen and oxygen atoms in total. The van der Waals surface area contributed by atoms with E-state index >= 15 is 0 Å². The quantitative estimate of drug-likeness (QED) is 0.873. The number of hydrogen-bond donors (Lipinski definition) is 1. The molecule has 2 aromatic rings. The van der Waals surface area contributed by atoms with Crippen molar-refractivity contribution in [2.75, 3.05) is 18.0 Å². The Labute approximate surface area is 156 Å². The number of aromatic nitrogens is 2. The number of carbonyl (C=O) groups excluding carboxylic acids is 1. The number of nitrogens with one attached hydrogen (secondary N) is 1. The summed E-state index contributed by atoms with van der Waals surface area (Å²) in [7, 11) is 0. The zero-order valence-corrected chi connectivity index (χ0v) is 15.0. The lowest BCUT2D eigenvalue weighted by molar-refractivity contribution is -0.121. The number of rotatable bonds is 5. The lowest BCUT2D eigenvalue weighted by atomic mass is 10.0. The van der Waals surface area contributed by atoms with Crippen molar-refractivity contribution in [2.45, 2.75) is 37.6 Å². The number of nitrogens with zero attached hydrogens (tertiary/aromatic N) is 3. The molecule has 0 bridgehead atoms. The molecule has 1 saturated carbocycles. The monoisotopic (exact) mass is 374 g/mol. The SMILES string of the molecule is O=C(Cc1ccc(C2CC2)c(F)c1)N[C@H]1CCN(c2ccc(Cl)nn2)C1. The van der Waals surface area contributed by atoms with Crippen molar-refractivity contribution in [2.24, 2.45) is 0 Å². The van der Waals surface area contributed by atoms with Gasteiger partial charge in [-0.15, -0.1) is 10.2 Å². The number of halogens is 2. The van der Waals surface area contributed by atoms with Crippen molar-refractivity contribution >= 4 is 23.3 Å². The van der Waals surface area contributed by atoms with E-state index < -0.39 is 0 Å². The second-order valence-electron chi connectivity index (χ2n) is 7.02. The molecule has 7 heteroatoms. The standard InChI is InChI=1S/C19H20ClFN4O/c20-17-5-6-18(24-23-17)25-8-7-14(11-25)22-19(26)10-12-1-4-15(13-2-3-13)16(21)9-12/h1,4-6,9,13-14H,2-3,7-8,10-11H2,(H,22,26)/t14-/m0/s1. The lowest BCUT2D eigenvalue weighted by Gasteiger charge is -2.17. The highest BCUT2D eigenvalue weighted by atomic mass is 35.5. The summed E-state index contributed by atoms with van der Waals surface area (Å²) >= 11 is 5.76. The normalized spacial score (nSPS) is 19.6. The number of anilines is 1. The summed E-state index contributed by atoms with van der Waals surface area (Å²) in [5.41, 5.74) is 1.49. The molecule has 2 aliphatic rings. The average Bonchev–Trinajstić information content (AvgIpc) is 3.35. The number of carbonyl (C=O) groups is 1. The smallest absolute Gasteiger partial charge is 0.224 e. The predicted octanol–water partition coefficient (Wildman–Crippen LogP) is 3.08. The predicted molar refractivity (Wildman–Crippen MR) is 97.9 cm³/mol. The summed E-state index contributed by atoms with van der Waals surface area (Å²) in [6.45, 7) is 1.48. The van der Waals surface area contributed by atoms with Crippen LogP contribution in [-0.2, 0) is 11.2 Å². The first-order chi connectivity index (χ1) is 12.6. The molecule has 1 aliphatic carbocycles. The van der Waals surface area contributed by atoms with Gasteiger partial charge in [0.15, 0.2) is 11.0 Å². The zero-order chi connectivity index (χ0) is 18.1. The van der Waals surface area contributed by atoms with E-state index in [9.17, 15) is 9.18 Å². The van der Waals surface area contributed by atoms with Gasteiger partial charge in [0.05, 0.1) is 6.42 Å². The van der Waals surface area contributed by atoms with Gasteiger partial charge in [0.1, 0.15) is 5.82 Å². The molecule has 0 unspecified atom stereocenters. The van der Waals surface area contributed by atoms with Crippen molar-refractivity contribution < 1.29 is 9.18 Å². The van der Waals surface area contributed by atoms with E-state index in [1.807, 2.05) is 18.2 Å². The van der Waals surface area contributed by atoms with Gasteiger partial charge in [-0.3, -0.25) is 4.79 Å². The molecule has 2 heterocycles. The van der Waals surface area contributed by atoms with Crippen LogP contribution in [0.4, 0.5) is 10.2 Å². The Balaban J connectivity index is 1.31. The van der Waals surface area contributed by atoms with Gasteiger partial charge >= 0.3 is 0 Å². The van der Waals surface area contributed by atoms with E-state index in [0.29, 0.717) is 23.2 Å². The van der Waals surface area contributed by atoms with Gasteiger partial charge in [0.2, 0.25) is 5.91 Å². The molecule has 1 atom stereocenters. The molecule has 1 saturated heterocycles. The maximum atomic E-state index is 14.1. The Kier molecular flexibility index (Phi) is 4.76. The minimum atomic E-state index is -0.189. The van der Waals surface area contributed by atoms with Gasteiger partial charge in [0, 0.05) is 19.1 Å². The summed E-state index contributed by atoms with van der Waals surface area (Å²) in [6, 6.07) is 8.76. The molecule has 1 amide bonds. The van der Waals surface area contributed by atoms with Crippen LogP contribution in [0.3, 0.4) is 0 Å². The second-order valence-corrected chi connectivity index (χ2v) is 7.41. The third kappa shape index (κ3) is 3.96. The molecule has 1 aromatic heterocycles. The summed E-state index contributed by atoms with van der Waals surface area (Å²) in [5.74, 6) is 0.853. The fourth-order valence-electron chi connectivity index (χ4n) is 3.43. The summed E-state index contributed by atoms with van der Waals surface area (Å²) < 4.78 is 14.1. The largest absolute Gasteiger partial charge is 0.353 e. The molecule has 1 N–H and O–H groups in total. The molecule has 1 aliphatic heterocycles. The average molecular weight is 375 g/mol. The zero-order valence-electron chi connectivity index (χ0n) is 14.3. The van der Waals surface area contributed by atoms with Crippen molar-refractivity contribution in [3.8, 4) is 0 Å². The first-order valence-electron chi connectivity index (χ1n) is 8.90. The van der Waals surface area contributed by atoms with Gasteiger partial charge in [-0.2, -0.15) is 0 Å². The highest BCUT2D eigenvalue weighted by Gasteiger charge is 2.27. The van der Waals surface area contributed by atoms with Crippen molar-refractivity contribution in [3.05, 3.63) is 52.4 Å². The lowest BCUT2D eigenvalue weighted by Crippen LogP contribution is -2.38. The Hall–Kier alpha value is -2.21. The Morgan fingerprint density at radius 3 is 2.77 bits per heavy atom. The molecule has 1 aromatic carbocycles. The van der Waals surface area contributed by atoms with E-state index in [0.717, 1.165) is 37.2 Å². The van der Waals surface area contributed by atoms with E-state index in [1.54, 1.807) is 6.07 Å². The Bertz CT molecular complexity index is 810. The molecule has 0 radical (unpaired) electrons. The van der Waals surface area contributed by atoms with Crippen molar-refractivity contribution in [1.82, 2.24) is 15.5 Å². The van der Waals surface area contributed by atoms with Crippen LogP contribution in [0.5, 0.6) is 0 Å². The molecule has 4 rings (SSSR count). The maximum Gasteiger partial charge on any atom is 0.224 e. The topological polar surface area (TPSA) is 58.1 Å².